The highest BCUT2D eigenvalue weighted by Gasteiger charge is 2.22. The molecule has 0 aromatic carbocycles. The summed E-state index contributed by atoms with van der Waals surface area (Å²) < 4.78 is 1.57. The standard InChI is InChI=1S/C14H15N3OS/c1-9-3-4-10-11(7-9)19-13-12(10)14(18)17(8-16-13)6-2-5-15/h8-9H,2-4,6-7H2,1H3/t9-/m0/s1. The molecule has 0 spiro atoms. The average molecular weight is 273 g/mol. The van der Waals surface area contributed by atoms with Gasteiger partial charge in [0, 0.05) is 11.4 Å². The molecule has 0 fully saturated rings. The zero-order chi connectivity index (χ0) is 13.4. The summed E-state index contributed by atoms with van der Waals surface area (Å²) in [5, 5.41) is 9.43. The van der Waals surface area contributed by atoms with Crippen molar-refractivity contribution >= 4 is 21.6 Å². The quantitative estimate of drug-likeness (QED) is 0.844. The van der Waals surface area contributed by atoms with Gasteiger partial charge in [-0.1, -0.05) is 6.92 Å². The third kappa shape index (κ3) is 2.06. The maximum Gasteiger partial charge on any atom is 0.262 e. The van der Waals surface area contributed by atoms with E-state index >= 15 is 0 Å². The average Bonchev–Trinajstić information content (AvgIpc) is 2.76. The summed E-state index contributed by atoms with van der Waals surface area (Å²) in [6.07, 6.45) is 5.11. The smallest absolute Gasteiger partial charge is 0.262 e. The number of hydrogen-bond donors (Lipinski definition) is 0. The van der Waals surface area contributed by atoms with Gasteiger partial charge in [-0.2, -0.15) is 5.26 Å². The van der Waals surface area contributed by atoms with E-state index in [1.54, 1.807) is 22.2 Å². The third-order valence-electron chi connectivity index (χ3n) is 3.75. The lowest BCUT2D eigenvalue weighted by Gasteiger charge is -2.17. The van der Waals surface area contributed by atoms with E-state index in [0.29, 0.717) is 18.9 Å². The number of aryl methyl sites for hydroxylation is 2. The van der Waals surface area contributed by atoms with Crippen molar-refractivity contribution < 1.29 is 0 Å². The maximum absolute atomic E-state index is 12.5. The molecule has 0 N–H and O–H groups in total. The van der Waals surface area contributed by atoms with Gasteiger partial charge in [-0.25, -0.2) is 4.98 Å². The van der Waals surface area contributed by atoms with E-state index in [1.807, 2.05) is 0 Å². The highest BCUT2D eigenvalue weighted by molar-refractivity contribution is 7.18. The molecule has 2 aromatic heterocycles. The summed E-state index contributed by atoms with van der Waals surface area (Å²) in [4.78, 5) is 19.1. The van der Waals surface area contributed by atoms with Gasteiger partial charge in [0.2, 0.25) is 0 Å². The molecule has 1 atom stereocenters. The molecule has 5 heteroatoms. The summed E-state index contributed by atoms with van der Waals surface area (Å²) in [6, 6.07) is 2.07. The predicted molar refractivity (Wildman–Crippen MR) is 75.3 cm³/mol. The number of aromatic nitrogens is 2. The van der Waals surface area contributed by atoms with Crippen LogP contribution in [-0.2, 0) is 19.4 Å². The summed E-state index contributed by atoms with van der Waals surface area (Å²) in [6.45, 7) is 2.69. The number of thiophene rings is 1. The Hall–Kier alpha value is -1.67. The summed E-state index contributed by atoms with van der Waals surface area (Å²) in [5.74, 6) is 0.696. The molecule has 0 saturated heterocycles. The minimum absolute atomic E-state index is 0.0207. The monoisotopic (exact) mass is 273 g/mol. The topological polar surface area (TPSA) is 58.7 Å². The molecule has 2 aromatic rings. The van der Waals surface area contributed by atoms with Crippen molar-refractivity contribution in [1.29, 1.82) is 5.26 Å². The van der Waals surface area contributed by atoms with Crippen LogP contribution in [0, 0.1) is 17.2 Å². The van der Waals surface area contributed by atoms with Crippen LogP contribution < -0.4 is 5.56 Å². The molecule has 3 rings (SSSR count). The Balaban J connectivity index is 2.15. The molecule has 0 aliphatic heterocycles. The van der Waals surface area contributed by atoms with Gasteiger partial charge in [-0.05, 0) is 30.7 Å². The van der Waals surface area contributed by atoms with Gasteiger partial charge in [-0.15, -0.1) is 11.3 Å². The van der Waals surface area contributed by atoms with Crippen molar-refractivity contribution in [3.8, 4) is 6.07 Å². The molecule has 1 aliphatic rings. The second-order valence-electron chi connectivity index (χ2n) is 5.18. The van der Waals surface area contributed by atoms with Crippen molar-refractivity contribution in [3.63, 3.8) is 0 Å². The van der Waals surface area contributed by atoms with E-state index < -0.39 is 0 Å². The van der Waals surface area contributed by atoms with Gasteiger partial charge in [0.05, 0.1) is 24.2 Å². The van der Waals surface area contributed by atoms with E-state index in [0.717, 1.165) is 29.5 Å². The highest BCUT2D eigenvalue weighted by Crippen LogP contribution is 2.35. The minimum atomic E-state index is 0.0207. The van der Waals surface area contributed by atoms with Crippen molar-refractivity contribution in [1.82, 2.24) is 9.55 Å². The largest absolute Gasteiger partial charge is 0.298 e. The van der Waals surface area contributed by atoms with Gasteiger partial charge in [0.15, 0.2) is 0 Å². The van der Waals surface area contributed by atoms with Crippen LogP contribution in [0.5, 0.6) is 0 Å². The second kappa shape index (κ2) is 4.78. The van der Waals surface area contributed by atoms with Crippen LogP contribution >= 0.6 is 11.3 Å². The van der Waals surface area contributed by atoms with E-state index in [2.05, 4.69) is 18.0 Å². The Kier molecular flexibility index (Phi) is 3.11. The van der Waals surface area contributed by atoms with Gasteiger partial charge < -0.3 is 0 Å². The first-order valence-electron chi connectivity index (χ1n) is 6.57. The van der Waals surface area contributed by atoms with Crippen LogP contribution in [-0.4, -0.2) is 9.55 Å². The normalized spacial score (nSPS) is 18.2. The molecule has 0 radical (unpaired) electrons. The summed E-state index contributed by atoms with van der Waals surface area (Å²) in [7, 11) is 0. The Bertz CT molecular complexity index is 723. The van der Waals surface area contributed by atoms with Crippen molar-refractivity contribution in [2.24, 2.45) is 5.92 Å². The van der Waals surface area contributed by atoms with E-state index in [4.69, 9.17) is 5.26 Å². The fraction of sp³-hybridized carbons (Fsp3) is 0.500. The summed E-state index contributed by atoms with van der Waals surface area (Å²) in [5.41, 5.74) is 1.23. The first-order chi connectivity index (χ1) is 9.20. The minimum Gasteiger partial charge on any atom is -0.298 e. The van der Waals surface area contributed by atoms with Crippen LogP contribution in [0.3, 0.4) is 0 Å². The molecular weight excluding hydrogens is 258 g/mol. The number of hydrogen-bond acceptors (Lipinski definition) is 4. The molecular formula is C14H15N3OS. The number of fused-ring (bicyclic) bond motifs is 3. The van der Waals surface area contributed by atoms with Crippen LogP contribution in [0.25, 0.3) is 10.2 Å². The first kappa shape index (κ1) is 12.4. The summed E-state index contributed by atoms with van der Waals surface area (Å²) >= 11 is 1.66. The molecule has 98 valence electrons. The van der Waals surface area contributed by atoms with Crippen molar-refractivity contribution in [2.45, 2.75) is 39.2 Å². The fourth-order valence-electron chi connectivity index (χ4n) is 2.70. The SMILES string of the molecule is C[C@H]1CCc2c(sc3ncn(CCC#N)c(=O)c23)C1. The zero-order valence-corrected chi connectivity index (χ0v) is 11.7. The molecule has 4 nitrogen and oxygen atoms in total. The molecule has 2 heterocycles. The molecule has 19 heavy (non-hydrogen) atoms. The Morgan fingerprint density at radius 3 is 3.26 bits per heavy atom. The number of nitrogens with zero attached hydrogens (tertiary/aromatic N) is 3. The Morgan fingerprint density at radius 2 is 2.47 bits per heavy atom. The number of nitriles is 1. The maximum atomic E-state index is 12.5. The van der Waals surface area contributed by atoms with Crippen LogP contribution in [0.2, 0.25) is 0 Å². The molecule has 0 amide bonds. The van der Waals surface area contributed by atoms with E-state index in [1.165, 1.54) is 10.4 Å². The van der Waals surface area contributed by atoms with Crippen molar-refractivity contribution in [3.05, 3.63) is 27.1 Å². The van der Waals surface area contributed by atoms with Crippen molar-refractivity contribution in [2.75, 3.05) is 0 Å². The first-order valence-corrected chi connectivity index (χ1v) is 7.39. The van der Waals surface area contributed by atoms with Crippen LogP contribution in [0.15, 0.2) is 11.1 Å². The Morgan fingerprint density at radius 1 is 1.63 bits per heavy atom. The third-order valence-corrected chi connectivity index (χ3v) is 4.91. The van der Waals surface area contributed by atoms with Crippen LogP contribution in [0.4, 0.5) is 0 Å². The number of rotatable bonds is 2. The van der Waals surface area contributed by atoms with Gasteiger partial charge >= 0.3 is 0 Å². The fourth-order valence-corrected chi connectivity index (χ4v) is 4.04. The van der Waals surface area contributed by atoms with Gasteiger partial charge in [0.1, 0.15) is 4.83 Å². The van der Waals surface area contributed by atoms with E-state index in [-0.39, 0.29) is 5.56 Å². The van der Waals surface area contributed by atoms with Crippen LogP contribution in [0.1, 0.15) is 30.2 Å². The lowest BCUT2D eigenvalue weighted by atomic mass is 9.89. The molecule has 0 unspecified atom stereocenters. The molecule has 0 bridgehead atoms. The van der Waals surface area contributed by atoms with Gasteiger partial charge in [0.25, 0.3) is 5.56 Å². The lowest BCUT2D eigenvalue weighted by molar-refractivity contribution is 0.509. The zero-order valence-electron chi connectivity index (χ0n) is 10.8. The molecule has 1 aliphatic carbocycles. The highest BCUT2D eigenvalue weighted by atomic mass is 32.1. The lowest BCUT2D eigenvalue weighted by Crippen LogP contribution is -2.21. The van der Waals surface area contributed by atoms with Gasteiger partial charge in [-0.3, -0.25) is 9.36 Å². The second-order valence-corrected chi connectivity index (χ2v) is 6.27. The van der Waals surface area contributed by atoms with E-state index in [9.17, 15) is 4.79 Å². The molecule has 0 saturated carbocycles. The predicted octanol–water partition coefficient (Wildman–Crippen LogP) is 2.50. The Labute approximate surface area is 115 Å².